The number of benzene rings is 2. The highest BCUT2D eigenvalue weighted by Crippen LogP contribution is 2.17. The minimum absolute atomic E-state index is 0.0524. The third kappa shape index (κ3) is 6.89. The maximum atomic E-state index is 11.8. The number of carbonyl (C=O) groups is 2. The molecule has 144 valence electrons. The van der Waals surface area contributed by atoms with Gasteiger partial charge in [-0.25, -0.2) is 0 Å². The number of esters is 1. The zero-order valence-corrected chi connectivity index (χ0v) is 15.7. The highest BCUT2D eigenvalue weighted by atomic mass is 16.5. The fourth-order valence-electron chi connectivity index (χ4n) is 2.18. The van der Waals surface area contributed by atoms with Crippen molar-refractivity contribution >= 4 is 23.3 Å². The van der Waals surface area contributed by atoms with E-state index in [1.54, 1.807) is 43.5 Å². The molecule has 0 bridgehead atoms. The van der Waals surface area contributed by atoms with Gasteiger partial charge in [0.1, 0.15) is 11.5 Å². The van der Waals surface area contributed by atoms with Gasteiger partial charge in [-0.05, 0) is 48.5 Å². The van der Waals surface area contributed by atoms with Crippen LogP contribution in [0.4, 0.5) is 11.4 Å². The summed E-state index contributed by atoms with van der Waals surface area (Å²) in [6, 6.07) is 14.4. The SMILES string of the molecule is COc1ccc(OCCC(=O)OCC(=O)Nc2ccc(N(C)C)cc2)cc1. The first-order valence-corrected chi connectivity index (χ1v) is 8.47. The van der Waals surface area contributed by atoms with Gasteiger partial charge in [-0.2, -0.15) is 0 Å². The number of anilines is 2. The lowest BCUT2D eigenvalue weighted by molar-refractivity contribution is -0.147. The molecule has 7 nitrogen and oxygen atoms in total. The van der Waals surface area contributed by atoms with E-state index in [1.165, 1.54) is 0 Å². The van der Waals surface area contributed by atoms with Crippen LogP contribution < -0.4 is 19.7 Å². The van der Waals surface area contributed by atoms with Crippen molar-refractivity contribution < 1.29 is 23.8 Å². The van der Waals surface area contributed by atoms with Crippen LogP contribution in [0.25, 0.3) is 0 Å². The molecule has 0 heterocycles. The van der Waals surface area contributed by atoms with Crippen LogP contribution >= 0.6 is 0 Å². The summed E-state index contributed by atoms with van der Waals surface area (Å²) in [6.07, 6.45) is 0.0524. The first-order valence-electron chi connectivity index (χ1n) is 8.47. The van der Waals surface area contributed by atoms with E-state index >= 15 is 0 Å². The summed E-state index contributed by atoms with van der Waals surface area (Å²) in [5.74, 6) is 0.463. The third-order valence-electron chi connectivity index (χ3n) is 3.67. The number of rotatable bonds is 9. The Morgan fingerprint density at radius 1 is 0.963 bits per heavy atom. The highest BCUT2D eigenvalue weighted by Gasteiger charge is 2.09. The van der Waals surface area contributed by atoms with Crippen molar-refractivity contribution in [2.45, 2.75) is 6.42 Å². The Morgan fingerprint density at radius 2 is 1.59 bits per heavy atom. The Bertz CT molecular complexity index is 742. The maximum Gasteiger partial charge on any atom is 0.309 e. The van der Waals surface area contributed by atoms with E-state index in [0.717, 1.165) is 11.4 Å². The van der Waals surface area contributed by atoms with Gasteiger partial charge < -0.3 is 24.4 Å². The molecule has 2 aromatic carbocycles. The molecular weight excluding hydrogens is 348 g/mol. The van der Waals surface area contributed by atoms with Crippen molar-refractivity contribution in [1.82, 2.24) is 0 Å². The molecule has 0 aliphatic heterocycles. The van der Waals surface area contributed by atoms with Crippen LogP contribution in [0.1, 0.15) is 6.42 Å². The maximum absolute atomic E-state index is 11.8. The van der Waals surface area contributed by atoms with E-state index in [1.807, 2.05) is 31.1 Å². The second-order valence-electron chi connectivity index (χ2n) is 5.92. The summed E-state index contributed by atoms with van der Waals surface area (Å²) in [4.78, 5) is 25.5. The Kier molecular flexibility index (Phi) is 7.49. The summed E-state index contributed by atoms with van der Waals surface area (Å²) in [5, 5.41) is 2.68. The lowest BCUT2D eigenvalue weighted by Gasteiger charge is -2.13. The van der Waals surface area contributed by atoms with Crippen molar-refractivity contribution in [2.75, 3.05) is 44.6 Å². The van der Waals surface area contributed by atoms with E-state index in [0.29, 0.717) is 11.4 Å². The number of hydrogen-bond acceptors (Lipinski definition) is 6. The van der Waals surface area contributed by atoms with Crippen molar-refractivity contribution in [3.05, 3.63) is 48.5 Å². The summed E-state index contributed by atoms with van der Waals surface area (Å²) < 4.78 is 15.5. The fourth-order valence-corrected chi connectivity index (χ4v) is 2.18. The van der Waals surface area contributed by atoms with Gasteiger partial charge in [0.25, 0.3) is 5.91 Å². The Balaban J connectivity index is 1.66. The monoisotopic (exact) mass is 372 g/mol. The van der Waals surface area contributed by atoms with Gasteiger partial charge in [-0.1, -0.05) is 0 Å². The molecule has 0 saturated heterocycles. The van der Waals surface area contributed by atoms with Crippen LogP contribution in [0, 0.1) is 0 Å². The molecule has 0 saturated carbocycles. The normalized spacial score (nSPS) is 10.0. The Labute approximate surface area is 158 Å². The first-order chi connectivity index (χ1) is 13.0. The van der Waals surface area contributed by atoms with Gasteiger partial charge in [0.05, 0.1) is 20.1 Å². The molecule has 27 heavy (non-hydrogen) atoms. The average Bonchev–Trinajstić information content (AvgIpc) is 2.67. The molecule has 0 aromatic heterocycles. The standard InChI is InChI=1S/C20H24N2O5/c1-22(2)16-6-4-15(5-7-16)21-19(23)14-27-20(24)12-13-26-18-10-8-17(25-3)9-11-18/h4-11H,12-14H2,1-3H3,(H,21,23). The van der Waals surface area contributed by atoms with E-state index in [-0.39, 0.29) is 19.6 Å². The quantitative estimate of drug-likeness (QED) is 0.682. The van der Waals surface area contributed by atoms with E-state index in [9.17, 15) is 9.59 Å². The third-order valence-corrected chi connectivity index (χ3v) is 3.67. The molecule has 0 atom stereocenters. The van der Waals surface area contributed by atoms with Gasteiger partial charge >= 0.3 is 5.97 Å². The lowest BCUT2D eigenvalue weighted by atomic mass is 10.2. The van der Waals surface area contributed by atoms with E-state index < -0.39 is 11.9 Å². The molecule has 7 heteroatoms. The highest BCUT2D eigenvalue weighted by molar-refractivity contribution is 5.92. The molecular formula is C20H24N2O5. The van der Waals surface area contributed by atoms with E-state index in [4.69, 9.17) is 14.2 Å². The van der Waals surface area contributed by atoms with Crippen LogP contribution in [0.3, 0.4) is 0 Å². The van der Waals surface area contributed by atoms with Gasteiger partial charge in [0.2, 0.25) is 0 Å². The number of carbonyl (C=O) groups excluding carboxylic acids is 2. The van der Waals surface area contributed by atoms with E-state index in [2.05, 4.69) is 5.32 Å². The molecule has 2 rings (SSSR count). The van der Waals surface area contributed by atoms with Gasteiger partial charge in [-0.15, -0.1) is 0 Å². The predicted octanol–water partition coefficient (Wildman–Crippen LogP) is 2.71. The summed E-state index contributed by atoms with van der Waals surface area (Å²) in [6.45, 7) is -0.171. The van der Waals surface area contributed by atoms with Crippen molar-refractivity contribution in [3.63, 3.8) is 0 Å². The summed E-state index contributed by atoms with van der Waals surface area (Å²) in [5.41, 5.74) is 1.67. The second-order valence-corrected chi connectivity index (χ2v) is 5.92. The average molecular weight is 372 g/mol. The number of methoxy groups -OCH3 is 1. The Morgan fingerprint density at radius 3 is 2.19 bits per heavy atom. The Hall–Kier alpha value is -3.22. The number of nitrogens with zero attached hydrogens (tertiary/aromatic N) is 1. The van der Waals surface area contributed by atoms with Gasteiger partial charge in [0.15, 0.2) is 6.61 Å². The molecule has 0 aliphatic rings. The predicted molar refractivity (Wildman–Crippen MR) is 103 cm³/mol. The van der Waals surface area contributed by atoms with Crippen molar-refractivity contribution in [3.8, 4) is 11.5 Å². The molecule has 1 amide bonds. The van der Waals surface area contributed by atoms with Crippen LogP contribution in [0.5, 0.6) is 11.5 Å². The topological polar surface area (TPSA) is 77.1 Å². The van der Waals surface area contributed by atoms with Crippen LogP contribution in [0.15, 0.2) is 48.5 Å². The number of nitrogens with one attached hydrogen (secondary N) is 1. The summed E-state index contributed by atoms with van der Waals surface area (Å²) in [7, 11) is 5.46. The van der Waals surface area contributed by atoms with Crippen molar-refractivity contribution in [2.24, 2.45) is 0 Å². The van der Waals surface area contributed by atoms with Crippen LogP contribution in [0.2, 0.25) is 0 Å². The molecule has 0 aliphatic carbocycles. The summed E-state index contributed by atoms with van der Waals surface area (Å²) >= 11 is 0. The molecule has 0 radical (unpaired) electrons. The minimum Gasteiger partial charge on any atom is -0.497 e. The molecule has 1 N–H and O–H groups in total. The van der Waals surface area contributed by atoms with Gasteiger partial charge in [-0.3, -0.25) is 9.59 Å². The fraction of sp³-hybridized carbons (Fsp3) is 0.300. The molecule has 0 fully saturated rings. The molecule has 0 unspecified atom stereocenters. The van der Waals surface area contributed by atoms with Crippen LogP contribution in [-0.4, -0.2) is 46.3 Å². The number of hydrogen-bond donors (Lipinski definition) is 1. The number of ether oxygens (including phenoxy) is 3. The lowest BCUT2D eigenvalue weighted by Crippen LogP contribution is -2.21. The second kappa shape index (κ2) is 10.1. The van der Waals surface area contributed by atoms with Crippen molar-refractivity contribution in [1.29, 1.82) is 0 Å². The van der Waals surface area contributed by atoms with Gasteiger partial charge in [0, 0.05) is 25.5 Å². The number of amides is 1. The zero-order chi connectivity index (χ0) is 19.6. The largest absolute Gasteiger partial charge is 0.497 e. The molecule has 0 spiro atoms. The van der Waals surface area contributed by atoms with Crippen LogP contribution in [-0.2, 0) is 14.3 Å². The molecule has 2 aromatic rings. The zero-order valence-electron chi connectivity index (χ0n) is 15.7. The smallest absolute Gasteiger partial charge is 0.309 e. The minimum atomic E-state index is -0.499. The first kappa shape index (κ1) is 20.1.